The fourth-order valence-electron chi connectivity index (χ4n) is 1.90. The molecular weight excluding hydrogens is 228 g/mol. The van der Waals surface area contributed by atoms with Gasteiger partial charge in [0.05, 0.1) is 14.2 Å². The molecule has 0 atom stereocenters. The third kappa shape index (κ3) is 2.56. The van der Waals surface area contributed by atoms with Crippen LogP contribution in [0.1, 0.15) is 11.1 Å². The topological polar surface area (TPSA) is 38.7 Å². The van der Waals surface area contributed by atoms with Crippen molar-refractivity contribution in [1.82, 2.24) is 0 Å². The monoisotopic (exact) mass is 244 g/mol. The molecule has 1 N–H and O–H groups in total. The van der Waals surface area contributed by atoms with E-state index in [1.807, 2.05) is 36.4 Å². The van der Waals surface area contributed by atoms with Crippen molar-refractivity contribution in [2.45, 2.75) is 6.42 Å². The van der Waals surface area contributed by atoms with Crippen molar-refractivity contribution >= 4 is 0 Å². The van der Waals surface area contributed by atoms with Crippen LogP contribution in [0.2, 0.25) is 0 Å². The lowest BCUT2D eigenvalue weighted by molar-refractivity contribution is 0.373. The summed E-state index contributed by atoms with van der Waals surface area (Å²) in [7, 11) is 3.21. The Morgan fingerprint density at radius 1 is 0.944 bits per heavy atom. The van der Waals surface area contributed by atoms with Gasteiger partial charge < -0.3 is 14.6 Å². The lowest BCUT2D eigenvalue weighted by atomic mass is 10.0. The van der Waals surface area contributed by atoms with Gasteiger partial charge in [0.15, 0.2) is 11.5 Å². The molecule has 0 aliphatic heterocycles. The van der Waals surface area contributed by atoms with E-state index in [2.05, 4.69) is 0 Å². The predicted molar refractivity (Wildman–Crippen MR) is 70.5 cm³/mol. The molecule has 3 nitrogen and oxygen atoms in total. The number of phenols is 1. The SMILES string of the molecule is COc1cc(Cc2ccccc2OC)ccc1O. The first-order valence-electron chi connectivity index (χ1n) is 5.72. The molecule has 2 aromatic rings. The zero-order valence-electron chi connectivity index (χ0n) is 10.5. The lowest BCUT2D eigenvalue weighted by Crippen LogP contribution is -1.94. The van der Waals surface area contributed by atoms with E-state index in [4.69, 9.17) is 9.47 Å². The summed E-state index contributed by atoms with van der Waals surface area (Å²) >= 11 is 0. The second-order valence-corrected chi connectivity index (χ2v) is 3.99. The summed E-state index contributed by atoms with van der Waals surface area (Å²) in [5.74, 6) is 1.51. The van der Waals surface area contributed by atoms with Crippen LogP contribution in [0.4, 0.5) is 0 Å². The van der Waals surface area contributed by atoms with Crippen LogP contribution >= 0.6 is 0 Å². The molecular formula is C15H16O3. The highest BCUT2D eigenvalue weighted by molar-refractivity contribution is 5.45. The number of methoxy groups -OCH3 is 2. The van der Waals surface area contributed by atoms with Crippen LogP contribution in [0.25, 0.3) is 0 Å². The van der Waals surface area contributed by atoms with Crippen LogP contribution in [0.5, 0.6) is 17.2 Å². The molecule has 18 heavy (non-hydrogen) atoms. The molecule has 0 aromatic heterocycles. The Balaban J connectivity index is 2.28. The summed E-state index contributed by atoms with van der Waals surface area (Å²) < 4.78 is 10.4. The molecule has 0 aliphatic rings. The third-order valence-electron chi connectivity index (χ3n) is 2.83. The largest absolute Gasteiger partial charge is 0.504 e. The van der Waals surface area contributed by atoms with Crippen LogP contribution in [-0.2, 0) is 6.42 Å². The second-order valence-electron chi connectivity index (χ2n) is 3.99. The predicted octanol–water partition coefficient (Wildman–Crippen LogP) is 3.00. The van der Waals surface area contributed by atoms with Crippen LogP contribution in [0.15, 0.2) is 42.5 Å². The van der Waals surface area contributed by atoms with Crippen molar-refractivity contribution in [2.24, 2.45) is 0 Å². The Morgan fingerprint density at radius 3 is 2.39 bits per heavy atom. The van der Waals surface area contributed by atoms with Gasteiger partial charge in [0.2, 0.25) is 0 Å². The molecule has 0 bridgehead atoms. The van der Waals surface area contributed by atoms with Crippen LogP contribution in [0.3, 0.4) is 0 Å². The molecule has 2 aromatic carbocycles. The maximum atomic E-state index is 9.55. The lowest BCUT2D eigenvalue weighted by Gasteiger charge is -2.10. The number of phenolic OH excluding ortho intramolecular Hbond substituents is 1. The Bertz CT molecular complexity index is 535. The Labute approximate surface area is 107 Å². The first kappa shape index (κ1) is 12.3. The molecule has 0 aliphatic carbocycles. The quantitative estimate of drug-likeness (QED) is 0.898. The fourth-order valence-corrected chi connectivity index (χ4v) is 1.90. The number of para-hydroxylation sites is 1. The number of ether oxygens (including phenoxy) is 2. The van der Waals surface area contributed by atoms with E-state index in [-0.39, 0.29) is 5.75 Å². The fraction of sp³-hybridized carbons (Fsp3) is 0.200. The molecule has 0 fully saturated rings. The minimum absolute atomic E-state index is 0.154. The minimum Gasteiger partial charge on any atom is -0.504 e. The van der Waals surface area contributed by atoms with Gasteiger partial charge in [0.1, 0.15) is 5.75 Å². The van der Waals surface area contributed by atoms with E-state index in [0.29, 0.717) is 5.75 Å². The van der Waals surface area contributed by atoms with Gasteiger partial charge in [0.25, 0.3) is 0 Å². The van der Waals surface area contributed by atoms with Crippen molar-refractivity contribution < 1.29 is 14.6 Å². The second kappa shape index (κ2) is 5.45. The summed E-state index contributed by atoms with van der Waals surface area (Å²) in [6.07, 6.45) is 0.737. The summed E-state index contributed by atoms with van der Waals surface area (Å²) in [6, 6.07) is 13.2. The van der Waals surface area contributed by atoms with Crippen molar-refractivity contribution in [3.63, 3.8) is 0 Å². The molecule has 0 spiro atoms. The highest BCUT2D eigenvalue weighted by Gasteiger charge is 2.06. The van der Waals surface area contributed by atoms with Crippen LogP contribution < -0.4 is 9.47 Å². The summed E-state index contributed by atoms with van der Waals surface area (Å²) in [5, 5.41) is 9.55. The maximum Gasteiger partial charge on any atom is 0.160 e. The maximum absolute atomic E-state index is 9.55. The highest BCUT2D eigenvalue weighted by atomic mass is 16.5. The van der Waals surface area contributed by atoms with E-state index in [1.165, 1.54) is 0 Å². The van der Waals surface area contributed by atoms with Gasteiger partial charge in [-0.1, -0.05) is 24.3 Å². The van der Waals surface area contributed by atoms with E-state index >= 15 is 0 Å². The van der Waals surface area contributed by atoms with E-state index in [9.17, 15) is 5.11 Å². The first-order valence-corrected chi connectivity index (χ1v) is 5.72. The molecule has 0 heterocycles. The zero-order chi connectivity index (χ0) is 13.0. The Kier molecular flexibility index (Phi) is 3.72. The van der Waals surface area contributed by atoms with Gasteiger partial charge in [-0.2, -0.15) is 0 Å². The molecule has 0 radical (unpaired) electrons. The molecule has 0 unspecified atom stereocenters. The highest BCUT2D eigenvalue weighted by Crippen LogP contribution is 2.28. The average molecular weight is 244 g/mol. The summed E-state index contributed by atoms with van der Waals surface area (Å²) in [4.78, 5) is 0. The third-order valence-corrected chi connectivity index (χ3v) is 2.83. The Morgan fingerprint density at radius 2 is 1.67 bits per heavy atom. The number of hydrogen-bond donors (Lipinski definition) is 1. The molecule has 0 saturated carbocycles. The molecule has 94 valence electrons. The van der Waals surface area contributed by atoms with Crippen molar-refractivity contribution in [3.8, 4) is 17.2 Å². The smallest absolute Gasteiger partial charge is 0.160 e. The van der Waals surface area contributed by atoms with E-state index < -0.39 is 0 Å². The first-order chi connectivity index (χ1) is 8.74. The normalized spacial score (nSPS) is 10.1. The van der Waals surface area contributed by atoms with Crippen molar-refractivity contribution in [2.75, 3.05) is 14.2 Å². The standard InChI is InChI=1S/C15H16O3/c1-17-14-6-4-3-5-12(14)9-11-7-8-13(16)15(10-11)18-2/h3-8,10,16H,9H2,1-2H3. The number of rotatable bonds is 4. The van der Waals surface area contributed by atoms with Crippen molar-refractivity contribution in [1.29, 1.82) is 0 Å². The zero-order valence-corrected chi connectivity index (χ0v) is 10.5. The van der Waals surface area contributed by atoms with E-state index in [0.717, 1.165) is 23.3 Å². The average Bonchev–Trinajstić information content (AvgIpc) is 2.41. The Hall–Kier alpha value is -2.16. The summed E-state index contributed by atoms with van der Waals surface area (Å²) in [6.45, 7) is 0. The van der Waals surface area contributed by atoms with Gasteiger partial charge in [-0.25, -0.2) is 0 Å². The molecule has 2 rings (SSSR count). The van der Waals surface area contributed by atoms with Gasteiger partial charge >= 0.3 is 0 Å². The molecule has 3 heteroatoms. The van der Waals surface area contributed by atoms with Gasteiger partial charge in [-0.15, -0.1) is 0 Å². The van der Waals surface area contributed by atoms with E-state index in [1.54, 1.807) is 20.3 Å². The molecule has 0 saturated heterocycles. The van der Waals surface area contributed by atoms with Crippen LogP contribution in [0, 0.1) is 0 Å². The minimum atomic E-state index is 0.154. The van der Waals surface area contributed by atoms with Crippen molar-refractivity contribution in [3.05, 3.63) is 53.6 Å². The van der Waals surface area contributed by atoms with Gasteiger partial charge in [-0.3, -0.25) is 0 Å². The summed E-state index contributed by atoms with van der Waals surface area (Å²) in [5.41, 5.74) is 2.17. The van der Waals surface area contributed by atoms with Gasteiger partial charge in [-0.05, 0) is 29.3 Å². The van der Waals surface area contributed by atoms with Crippen LogP contribution in [-0.4, -0.2) is 19.3 Å². The number of hydrogen-bond acceptors (Lipinski definition) is 3. The molecule has 0 amide bonds. The number of benzene rings is 2. The number of aromatic hydroxyl groups is 1. The van der Waals surface area contributed by atoms with Gasteiger partial charge in [0, 0.05) is 6.42 Å².